The molecule has 0 heterocycles. The molecular formula is C13H9BrF2N2O. The minimum Gasteiger partial charge on any atom is -0.397 e. The predicted octanol–water partition coefficient (Wildman–Crippen LogP) is 3.56. The van der Waals surface area contributed by atoms with Gasteiger partial charge >= 0.3 is 0 Å². The van der Waals surface area contributed by atoms with Crippen LogP contribution in [-0.2, 0) is 0 Å². The zero-order chi connectivity index (χ0) is 14.0. The molecule has 0 fully saturated rings. The molecular weight excluding hydrogens is 318 g/mol. The largest absolute Gasteiger partial charge is 0.397 e. The Balaban J connectivity index is 2.28. The molecule has 0 spiro atoms. The lowest BCUT2D eigenvalue weighted by Crippen LogP contribution is -2.14. The van der Waals surface area contributed by atoms with Crippen LogP contribution in [-0.4, -0.2) is 5.91 Å². The Bertz CT molecular complexity index is 647. The number of nitrogen functional groups attached to an aromatic ring is 1. The van der Waals surface area contributed by atoms with Crippen molar-refractivity contribution in [3.63, 3.8) is 0 Å². The molecule has 0 bridgehead atoms. The molecule has 0 aromatic heterocycles. The second-order valence-corrected chi connectivity index (χ2v) is 4.58. The summed E-state index contributed by atoms with van der Waals surface area (Å²) < 4.78 is 26.2. The van der Waals surface area contributed by atoms with Crippen molar-refractivity contribution >= 4 is 33.2 Å². The average Bonchev–Trinajstić information content (AvgIpc) is 2.36. The monoisotopic (exact) mass is 326 g/mol. The molecule has 0 aliphatic carbocycles. The van der Waals surface area contributed by atoms with Crippen molar-refractivity contribution in [2.45, 2.75) is 0 Å². The third-order valence-electron chi connectivity index (χ3n) is 2.46. The predicted molar refractivity (Wildman–Crippen MR) is 72.9 cm³/mol. The zero-order valence-corrected chi connectivity index (χ0v) is 11.2. The van der Waals surface area contributed by atoms with Crippen LogP contribution in [0.2, 0.25) is 0 Å². The molecule has 19 heavy (non-hydrogen) atoms. The molecule has 3 nitrogen and oxygen atoms in total. The fraction of sp³-hybridized carbons (Fsp3) is 0. The number of benzene rings is 2. The Morgan fingerprint density at radius 3 is 2.63 bits per heavy atom. The highest BCUT2D eigenvalue weighted by molar-refractivity contribution is 9.10. The van der Waals surface area contributed by atoms with Crippen LogP contribution in [0.25, 0.3) is 0 Å². The number of carbonyl (C=O) groups excluding carboxylic acids is 1. The van der Waals surface area contributed by atoms with Crippen molar-refractivity contribution in [3.05, 3.63) is 58.1 Å². The van der Waals surface area contributed by atoms with Crippen LogP contribution in [0, 0.1) is 11.6 Å². The lowest BCUT2D eigenvalue weighted by Gasteiger charge is -2.09. The summed E-state index contributed by atoms with van der Waals surface area (Å²) in [4.78, 5) is 12.0. The van der Waals surface area contributed by atoms with Crippen LogP contribution in [0.3, 0.4) is 0 Å². The topological polar surface area (TPSA) is 55.1 Å². The summed E-state index contributed by atoms with van der Waals surface area (Å²) in [6, 6.07) is 7.72. The van der Waals surface area contributed by atoms with Gasteiger partial charge in [0.05, 0.1) is 21.4 Å². The minimum atomic E-state index is -0.542. The first-order valence-corrected chi connectivity index (χ1v) is 6.08. The van der Waals surface area contributed by atoms with E-state index in [1.54, 1.807) is 0 Å². The summed E-state index contributed by atoms with van der Waals surface area (Å²) in [6.07, 6.45) is 0. The number of nitrogens with two attached hydrogens (primary N) is 1. The first-order chi connectivity index (χ1) is 8.99. The molecule has 6 heteroatoms. The third-order valence-corrected chi connectivity index (χ3v) is 3.26. The number of hydrogen-bond acceptors (Lipinski definition) is 2. The minimum absolute atomic E-state index is 0.0631. The number of hydrogen-bond donors (Lipinski definition) is 2. The number of nitrogens with one attached hydrogen (secondary N) is 1. The van der Waals surface area contributed by atoms with Gasteiger partial charge in [-0.05, 0) is 46.3 Å². The molecule has 0 radical (unpaired) electrons. The fourth-order valence-corrected chi connectivity index (χ4v) is 1.96. The lowest BCUT2D eigenvalue weighted by molar-refractivity contribution is 0.102. The first-order valence-electron chi connectivity index (χ1n) is 5.29. The Kier molecular flexibility index (Phi) is 3.80. The second-order valence-electron chi connectivity index (χ2n) is 3.79. The van der Waals surface area contributed by atoms with Crippen LogP contribution in [0.15, 0.2) is 40.9 Å². The van der Waals surface area contributed by atoms with Gasteiger partial charge < -0.3 is 11.1 Å². The van der Waals surface area contributed by atoms with E-state index < -0.39 is 17.5 Å². The maximum atomic E-state index is 13.3. The maximum absolute atomic E-state index is 13.3. The van der Waals surface area contributed by atoms with Gasteiger partial charge in [0.1, 0.15) is 11.6 Å². The van der Waals surface area contributed by atoms with Crippen LogP contribution >= 0.6 is 15.9 Å². The van der Waals surface area contributed by atoms with Crippen LogP contribution < -0.4 is 11.1 Å². The fourth-order valence-electron chi connectivity index (χ4n) is 1.52. The van der Waals surface area contributed by atoms with Crippen LogP contribution in [0.1, 0.15) is 10.4 Å². The van der Waals surface area contributed by atoms with E-state index in [0.717, 1.165) is 6.07 Å². The van der Waals surface area contributed by atoms with Gasteiger partial charge in [-0.3, -0.25) is 4.79 Å². The smallest absolute Gasteiger partial charge is 0.256 e. The number of amides is 1. The van der Waals surface area contributed by atoms with Gasteiger partial charge in [0.25, 0.3) is 5.91 Å². The van der Waals surface area contributed by atoms with E-state index in [2.05, 4.69) is 21.2 Å². The van der Waals surface area contributed by atoms with Crippen molar-refractivity contribution in [2.24, 2.45) is 0 Å². The molecule has 1 amide bonds. The van der Waals surface area contributed by atoms with E-state index in [9.17, 15) is 13.6 Å². The Labute approximate surface area is 116 Å². The van der Waals surface area contributed by atoms with E-state index in [4.69, 9.17) is 5.73 Å². The van der Waals surface area contributed by atoms with Crippen molar-refractivity contribution in [2.75, 3.05) is 11.1 Å². The summed E-state index contributed by atoms with van der Waals surface area (Å²) >= 11 is 3.00. The van der Waals surface area contributed by atoms with Crippen molar-refractivity contribution < 1.29 is 13.6 Å². The van der Waals surface area contributed by atoms with Crippen LogP contribution in [0.4, 0.5) is 20.2 Å². The zero-order valence-electron chi connectivity index (χ0n) is 9.58. The Morgan fingerprint density at radius 2 is 1.95 bits per heavy atom. The van der Waals surface area contributed by atoms with E-state index >= 15 is 0 Å². The van der Waals surface area contributed by atoms with Gasteiger partial charge in [-0.1, -0.05) is 6.07 Å². The van der Waals surface area contributed by atoms with Gasteiger partial charge in [0.2, 0.25) is 0 Å². The van der Waals surface area contributed by atoms with Gasteiger partial charge in [0.15, 0.2) is 0 Å². The molecule has 0 unspecified atom stereocenters. The highest BCUT2D eigenvalue weighted by Crippen LogP contribution is 2.24. The molecule has 3 N–H and O–H groups in total. The first kappa shape index (κ1) is 13.5. The second kappa shape index (κ2) is 5.36. The van der Waals surface area contributed by atoms with Crippen molar-refractivity contribution in [1.82, 2.24) is 0 Å². The summed E-state index contributed by atoms with van der Waals surface area (Å²) in [5, 5.41) is 2.49. The molecule has 0 aliphatic rings. The number of carbonyl (C=O) groups is 1. The van der Waals surface area contributed by atoms with Gasteiger partial charge in [0, 0.05) is 0 Å². The summed E-state index contributed by atoms with van der Waals surface area (Å²) in [7, 11) is 0. The molecule has 0 saturated carbocycles. The molecule has 0 aliphatic heterocycles. The highest BCUT2D eigenvalue weighted by Gasteiger charge is 2.14. The van der Waals surface area contributed by atoms with E-state index in [-0.39, 0.29) is 21.4 Å². The van der Waals surface area contributed by atoms with Gasteiger partial charge in [-0.2, -0.15) is 0 Å². The summed E-state index contributed by atoms with van der Waals surface area (Å²) in [5.74, 6) is -1.58. The van der Waals surface area contributed by atoms with E-state index in [1.165, 1.54) is 30.3 Å². The molecule has 0 atom stereocenters. The Hall–Kier alpha value is -1.95. The number of rotatable bonds is 2. The average molecular weight is 327 g/mol. The molecule has 2 aromatic rings. The van der Waals surface area contributed by atoms with Crippen LogP contribution in [0.5, 0.6) is 0 Å². The SMILES string of the molecule is Nc1cc(F)ccc1NC(=O)c1cccc(F)c1Br. The van der Waals surface area contributed by atoms with Crippen molar-refractivity contribution in [1.29, 1.82) is 0 Å². The standard InChI is InChI=1S/C13H9BrF2N2O/c14-12-8(2-1-3-9(12)16)13(19)18-11-5-4-7(15)6-10(11)17/h1-6H,17H2,(H,18,19). The quantitative estimate of drug-likeness (QED) is 0.829. The summed E-state index contributed by atoms with van der Waals surface area (Å²) in [6.45, 7) is 0. The Morgan fingerprint density at radius 1 is 1.21 bits per heavy atom. The maximum Gasteiger partial charge on any atom is 0.256 e. The summed E-state index contributed by atoms with van der Waals surface area (Å²) in [5.41, 5.74) is 6.07. The highest BCUT2D eigenvalue weighted by atomic mass is 79.9. The lowest BCUT2D eigenvalue weighted by atomic mass is 10.2. The van der Waals surface area contributed by atoms with Crippen molar-refractivity contribution in [3.8, 4) is 0 Å². The molecule has 2 aromatic carbocycles. The molecule has 98 valence electrons. The number of halogens is 3. The molecule has 2 rings (SSSR count). The van der Waals surface area contributed by atoms with E-state index in [0.29, 0.717) is 0 Å². The van der Waals surface area contributed by atoms with E-state index in [1.807, 2.05) is 0 Å². The third kappa shape index (κ3) is 2.90. The van der Waals surface area contributed by atoms with Gasteiger partial charge in [-0.15, -0.1) is 0 Å². The normalized spacial score (nSPS) is 10.3. The van der Waals surface area contributed by atoms with Gasteiger partial charge in [-0.25, -0.2) is 8.78 Å². The number of anilines is 2. The molecule has 0 saturated heterocycles.